The number of carboxylic acids is 1. The number of thiazole rings is 1. The monoisotopic (exact) mass is 674 g/mol. The molecule has 49 heavy (non-hydrogen) atoms. The molecule has 1 saturated heterocycles. The van der Waals surface area contributed by atoms with E-state index >= 15 is 0 Å². The fourth-order valence-corrected chi connectivity index (χ4v) is 8.04. The van der Waals surface area contributed by atoms with Gasteiger partial charge in [-0.1, -0.05) is 44.2 Å². The quantitative estimate of drug-likeness (QED) is 0.179. The Balaban J connectivity index is 1.15. The van der Waals surface area contributed by atoms with Crippen molar-refractivity contribution in [3.63, 3.8) is 0 Å². The highest BCUT2D eigenvalue weighted by Gasteiger charge is 2.29. The third-order valence-corrected chi connectivity index (χ3v) is 10.7. The average molecular weight is 675 g/mol. The highest BCUT2D eigenvalue weighted by molar-refractivity contribution is 7.15. The number of hydrogen-bond acceptors (Lipinski definition) is 9. The number of nitrogens with zero attached hydrogens (tertiary/aromatic N) is 5. The summed E-state index contributed by atoms with van der Waals surface area (Å²) in [7, 11) is 0. The van der Waals surface area contributed by atoms with Crippen molar-refractivity contribution in [3.05, 3.63) is 81.4 Å². The maximum Gasteiger partial charge on any atom is 0.307 e. The lowest BCUT2D eigenvalue weighted by Crippen LogP contribution is -2.37. The molecule has 0 aliphatic carbocycles. The minimum absolute atomic E-state index is 0.0926. The maximum atomic E-state index is 12.7. The van der Waals surface area contributed by atoms with Crippen molar-refractivity contribution in [2.24, 2.45) is 5.92 Å². The van der Waals surface area contributed by atoms with E-state index < -0.39 is 5.97 Å². The zero-order valence-electron chi connectivity index (χ0n) is 28.0. The Morgan fingerprint density at radius 3 is 2.45 bits per heavy atom. The number of fused-ring (bicyclic) bond motifs is 2. The van der Waals surface area contributed by atoms with Crippen molar-refractivity contribution in [2.75, 3.05) is 19.6 Å². The minimum Gasteiger partial charge on any atom is -0.481 e. The predicted molar refractivity (Wildman–Crippen MR) is 189 cm³/mol. The number of aliphatic carboxylic acids is 1. The Morgan fingerprint density at radius 1 is 1.06 bits per heavy atom. The van der Waals surface area contributed by atoms with Gasteiger partial charge in [-0.05, 0) is 72.8 Å². The van der Waals surface area contributed by atoms with Gasteiger partial charge in [0.15, 0.2) is 5.58 Å². The molecule has 10 nitrogen and oxygen atoms in total. The van der Waals surface area contributed by atoms with E-state index in [0.717, 1.165) is 54.5 Å². The van der Waals surface area contributed by atoms with Crippen molar-refractivity contribution in [1.82, 2.24) is 25.1 Å². The first kappa shape index (κ1) is 32.6. The largest absolute Gasteiger partial charge is 0.481 e. The first-order valence-electron chi connectivity index (χ1n) is 16.6. The first-order valence-corrected chi connectivity index (χ1v) is 17.4. The van der Waals surface area contributed by atoms with E-state index in [1.165, 1.54) is 0 Å². The van der Waals surface area contributed by atoms with Gasteiger partial charge in [0, 0.05) is 35.1 Å². The molecule has 11 heteroatoms. The highest BCUT2D eigenvalue weighted by Crippen LogP contribution is 2.40. The van der Waals surface area contributed by atoms with E-state index in [1.807, 2.05) is 43.0 Å². The maximum absolute atomic E-state index is 12.7. The fraction of sp³-hybridized carbons (Fsp3) is 0.342. The van der Waals surface area contributed by atoms with Crippen molar-refractivity contribution in [2.45, 2.75) is 59.8 Å². The smallest absolute Gasteiger partial charge is 0.307 e. The molecule has 0 unspecified atom stereocenters. The second kappa shape index (κ2) is 13.2. The molecule has 0 saturated carbocycles. The summed E-state index contributed by atoms with van der Waals surface area (Å²) in [5.74, 6) is -0.586. The van der Waals surface area contributed by atoms with Crippen LogP contribution in [0.2, 0.25) is 0 Å². The van der Waals surface area contributed by atoms with Crippen LogP contribution in [0.15, 0.2) is 52.9 Å². The lowest BCUT2D eigenvalue weighted by Gasteiger charge is -2.17. The summed E-state index contributed by atoms with van der Waals surface area (Å²) in [6.07, 6.45) is 0.623. The number of hydrogen-bond donors (Lipinski definition) is 2. The number of nitrogens with one attached hydrogen (secondary N) is 1. The number of rotatable bonds is 9. The Bertz CT molecular complexity index is 2120. The second-order valence-corrected chi connectivity index (χ2v) is 14.4. The molecule has 2 aliphatic rings. The van der Waals surface area contributed by atoms with Crippen molar-refractivity contribution in [1.29, 1.82) is 5.26 Å². The van der Waals surface area contributed by atoms with Crippen LogP contribution in [0.3, 0.4) is 0 Å². The number of nitriles is 1. The Hall–Kier alpha value is -4.89. The second-order valence-electron chi connectivity index (χ2n) is 13.3. The van der Waals surface area contributed by atoms with Crippen LogP contribution in [-0.4, -0.2) is 62.4 Å². The van der Waals surface area contributed by atoms with Crippen LogP contribution in [0.1, 0.15) is 53.1 Å². The average Bonchev–Trinajstić information content (AvgIpc) is 3.87. The summed E-state index contributed by atoms with van der Waals surface area (Å²) in [5.41, 5.74) is 9.53. The Labute approximate surface area is 289 Å². The van der Waals surface area contributed by atoms with Gasteiger partial charge >= 0.3 is 5.97 Å². The van der Waals surface area contributed by atoms with Gasteiger partial charge in [0.1, 0.15) is 16.6 Å². The Morgan fingerprint density at radius 2 is 1.78 bits per heavy atom. The summed E-state index contributed by atoms with van der Waals surface area (Å²) in [4.78, 5) is 39.0. The molecule has 250 valence electrons. The molecule has 0 radical (unpaired) electrons. The summed E-state index contributed by atoms with van der Waals surface area (Å²) in [6.45, 7) is 11.5. The van der Waals surface area contributed by atoms with E-state index in [0.29, 0.717) is 68.2 Å². The van der Waals surface area contributed by atoms with Crippen LogP contribution < -0.4 is 5.32 Å². The molecule has 2 N–H and O–H groups in total. The highest BCUT2D eigenvalue weighted by atomic mass is 32.1. The third-order valence-electron chi connectivity index (χ3n) is 9.58. The summed E-state index contributed by atoms with van der Waals surface area (Å²) in [5, 5.41) is 23.5. The number of carboxylic acid groups (broad SMARTS) is 1. The molecule has 0 bridgehead atoms. The van der Waals surface area contributed by atoms with Crippen molar-refractivity contribution in [3.8, 4) is 39.2 Å². The fourth-order valence-electron chi connectivity index (χ4n) is 6.87. The van der Waals surface area contributed by atoms with Gasteiger partial charge < -0.3 is 19.7 Å². The van der Waals surface area contributed by atoms with Crippen molar-refractivity contribution >= 4 is 34.3 Å². The van der Waals surface area contributed by atoms with Crippen molar-refractivity contribution < 1.29 is 19.1 Å². The van der Waals surface area contributed by atoms with E-state index in [9.17, 15) is 20.0 Å². The van der Waals surface area contributed by atoms with Gasteiger partial charge in [0.05, 0.1) is 36.8 Å². The normalized spacial score (nSPS) is 16.1. The number of oxazole rings is 1. The molecule has 1 fully saturated rings. The number of benzene rings is 3. The van der Waals surface area contributed by atoms with Crippen LogP contribution in [-0.2, 0) is 29.2 Å². The van der Waals surface area contributed by atoms with Crippen LogP contribution in [0.25, 0.3) is 44.3 Å². The standard InChI is InChI=1S/C38H38N6O4S/c1-21(2)40-16-34(45)44-19-32-33(20-44)49-37(42-32)30-10-6-8-28(23(30)4)27-7-5-9-29(22(27)3)36-41-31-14-24(13-26(15-39)35(31)48-36)17-43-12-11-25(18-43)38(46)47/h5-10,13-14,21,25,40H,11-12,16-20H2,1-4H3,(H,46,47)/t25-/m1/s1. The molecule has 4 heterocycles. The summed E-state index contributed by atoms with van der Waals surface area (Å²) < 4.78 is 6.27. The molecule has 7 rings (SSSR count). The minimum atomic E-state index is -0.765. The van der Waals surface area contributed by atoms with Crippen LogP contribution in [0, 0.1) is 31.1 Å². The Kier molecular flexibility index (Phi) is 8.79. The lowest BCUT2D eigenvalue weighted by molar-refractivity contribution is -0.141. The third kappa shape index (κ3) is 6.35. The number of carbonyl (C=O) groups excluding carboxylic acids is 1. The van der Waals surface area contributed by atoms with Gasteiger partial charge in [-0.25, -0.2) is 9.97 Å². The SMILES string of the molecule is Cc1c(-c2nc3cc(CN4CC[C@@H](C(=O)O)C4)cc(C#N)c3o2)cccc1-c1cccc(-c2nc3c(s2)CN(C(=O)CNC(C)C)C3)c1C. The molecular weight excluding hydrogens is 637 g/mol. The summed E-state index contributed by atoms with van der Waals surface area (Å²) in [6, 6.07) is 18.6. The van der Waals surface area contributed by atoms with Gasteiger partial charge in [0.25, 0.3) is 0 Å². The number of carbonyl (C=O) groups is 2. The first-order chi connectivity index (χ1) is 23.6. The molecule has 1 amide bonds. The molecule has 0 spiro atoms. The molecule has 2 aliphatic heterocycles. The van der Waals surface area contributed by atoms with E-state index in [4.69, 9.17) is 14.4 Å². The zero-order valence-corrected chi connectivity index (χ0v) is 28.9. The van der Waals surface area contributed by atoms with Gasteiger partial charge in [-0.2, -0.15) is 5.26 Å². The van der Waals surface area contributed by atoms with E-state index in [-0.39, 0.29) is 17.9 Å². The molecule has 5 aromatic rings. The zero-order chi connectivity index (χ0) is 34.4. The number of aromatic nitrogens is 2. The molecule has 2 aromatic heterocycles. The van der Waals surface area contributed by atoms with E-state index in [2.05, 4.69) is 54.4 Å². The van der Waals surface area contributed by atoms with Gasteiger partial charge in [0.2, 0.25) is 11.8 Å². The van der Waals surface area contributed by atoms with Crippen LogP contribution in [0.5, 0.6) is 0 Å². The summed E-state index contributed by atoms with van der Waals surface area (Å²) >= 11 is 1.66. The topological polar surface area (TPSA) is 136 Å². The molecular formula is C38H38N6O4S. The van der Waals surface area contributed by atoms with Crippen LogP contribution >= 0.6 is 11.3 Å². The lowest BCUT2D eigenvalue weighted by atomic mass is 9.91. The van der Waals surface area contributed by atoms with E-state index in [1.54, 1.807) is 11.3 Å². The molecule has 1 atom stereocenters. The van der Waals surface area contributed by atoms with Gasteiger partial charge in [-0.3, -0.25) is 14.5 Å². The predicted octanol–water partition coefficient (Wildman–Crippen LogP) is 6.52. The van der Waals surface area contributed by atoms with Crippen LogP contribution in [0.4, 0.5) is 0 Å². The number of amides is 1. The molecule has 3 aromatic carbocycles. The number of likely N-dealkylation sites (tertiary alicyclic amines) is 1. The van der Waals surface area contributed by atoms with Gasteiger partial charge in [-0.15, -0.1) is 11.3 Å².